The van der Waals surface area contributed by atoms with E-state index in [1.165, 1.54) is 25.0 Å². The van der Waals surface area contributed by atoms with Crippen molar-refractivity contribution in [2.75, 3.05) is 12.4 Å². The number of rotatable bonds is 3. The predicted molar refractivity (Wildman–Crippen MR) is 60.1 cm³/mol. The van der Waals surface area contributed by atoms with Crippen molar-refractivity contribution in [1.82, 2.24) is 0 Å². The first-order valence-electron chi connectivity index (χ1n) is 5.22. The molecule has 1 fully saturated rings. The Bertz CT molecular complexity index is 185. The molecule has 1 aliphatic heterocycles. The fraction of sp³-hybridized carbons (Fsp3) is 0.818. The van der Waals surface area contributed by atoms with Gasteiger partial charge < -0.3 is 4.74 Å². The van der Waals surface area contributed by atoms with Crippen LogP contribution in [0.1, 0.15) is 40.0 Å². The molecule has 76 valence electrons. The highest BCUT2D eigenvalue weighted by Crippen LogP contribution is 2.43. The summed E-state index contributed by atoms with van der Waals surface area (Å²) in [7, 11) is 0. The average molecular weight is 200 g/mol. The zero-order valence-corrected chi connectivity index (χ0v) is 9.75. The third-order valence-corrected chi connectivity index (χ3v) is 4.27. The Morgan fingerprint density at radius 2 is 2.31 bits per heavy atom. The summed E-state index contributed by atoms with van der Waals surface area (Å²) in [5.41, 5.74) is 0. The van der Waals surface area contributed by atoms with E-state index in [1.54, 1.807) is 0 Å². The fourth-order valence-corrected chi connectivity index (χ4v) is 3.42. The normalized spacial score (nSPS) is 31.8. The van der Waals surface area contributed by atoms with Crippen LogP contribution in [0.3, 0.4) is 0 Å². The van der Waals surface area contributed by atoms with Crippen LogP contribution >= 0.6 is 11.8 Å². The fourth-order valence-electron chi connectivity index (χ4n) is 1.99. The smallest absolute Gasteiger partial charge is 0.108 e. The van der Waals surface area contributed by atoms with Crippen molar-refractivity contribution in [2.45, 2.75) is 44.8 Å². The van der Waals surface area contributed by atoms with Gasteiger partial charge in [-0.25, -0.2) is 0 Å². The minimum absolute atomic E-state index is 0.293. The Morgan fingerprint density at radius 1 is 1.54 bits per heavy atom. The van der Waals surface area contributed by atoms with Crippen molar-refractivity contribution in [3.8, 4) is 0 Å². The number of ether oxygens (including phenoxy) is 1. The highest BCUT2D eigenvalue weighted by Gasteiger charge is 2.35. The maximum atomic E-state index is 5.73. The van der Waals surface area contributed by atoms with Gasteiger partial charge in [-0.3, -0.25) is 0 Å². The lowest BCUT2D eigenvalue weighted by molar-refractivity contribution is 0.187. The van der Waals surface area contributed by atoms with Gasteiger partial charge in [0.25, 0.3) is 0 Å². The molecule has 0 N–H and O–H groups in total. The van der Waals surface area contributed by atoms with Crippen molar-refractivity contribution >= 4 is 11.8 Å². The second-order valence-corrected chi connectivity index (χ2v) is 4.93. The summed E-state index contributed by atoms with van der Waals surface area (Å²) < 4.78 is 6.02. The van der Waals surface area contributed by atoms with Crippen LogP contribution in [0, 0.1) is 0 Å². The molecule has 0 spiro atoms. The van der Waals surface area contributed by atoms with Crippen molar-refractivity contribution < 1.29 is 4.74 Å². The Balaban J connectivity index is 2.78. The van der Waals surface area contributed by atoms with Gasteiger partial charge >= 0.3 is 0 Å². The summed E-state index contributed by atoms with van der Waals surface area (Å²) in [6.07, 6.45) is 5.81. The second kappa shape index (κ2) is 4.94. The molecule has 1 rings (SSSR count). The Labute approximate surface area is 85.9 Å². The van der Waals surface area contributed by atoms with E-state index in [0.29, 0.717) is 4.75 Å². The maximum Gasteiger partial charge on any atom is 0.108 e. The molecule has 0 aliphatic carbocycles. The Morgan fingerprint density at radius 3 is 2.85 bits per heavy atom. The van der Waals surface area contributed by atoms with Crippen LogP contribution in [0.4, 0.5) is 0 Å². The Kier molecular flexibility index (Phi) is 4.17. The molecule has 0 saturated carbocycles. The lowest BCUT2D eigenvalue weighted by Gasteiger charge is -2.38. The highest BCUT2D eigenvalue weighted by atomic mass is 32.2. The lowest BCUT2D eigenvalue weighted by atomic mass is 9.96. The van der Waals surface area contributed by atoms with E-state index in [4.69, 9.17) is 4.74 Å². The molecule has 1 saturated heterocycles. The van der Waals surface area contributed by atoms with E-state index < -0.39 is 0 Å². The summed E-state index contributed by atoms with van der Waals surface area (Å²) in [4.78, 5) is 0. The predicted octanol–water partition coefficient (Wildman–Crippen LogP) is 3.60. The van der Waals surface area contributed by atoms with Gasteiger partial charge in [0.1, 0.15) is 5.76 Å². The number of allylic oxidation sites excluding steroid dienone is 1. The molecule has 0 bridgehead atoms. The maximum absolute atomic E-state index is 5.73. The second-order valence-electron chi connectivity index (χ2n) is 3.45. The Hall–Kier alpha value is -0.110. The molecule has 0 radical (unpaired) electrons. The van der Waals surface area contributed by atoms with Crippen LogP contribution in [-0.2, 0) is 4.74 Å². The molecule has 0 aromatic rings. The van der Waals surface area contributed by atoms with Crippen LogP contribution < -0.4 is 0 Å². The lowest BCUT2D eigenvalue weighted by Crippen LogP contribution is -2.33. The van der Waals surface area contributed by atoms with E-state index in [0.717, 1.165) is 12.4 Å². The van der Waals surface area contributed by atoms with Gasteiger partial charge in [-0.15, -0.1) is 11.8 Å². The minimum Gasteiger partial charge on any atom is -0.496 e. The van der Waals surface area contributed by atoms with E-state index in [2.05, 4.69) is 38.6 Å². The van der Waals surface area contributed by atoms with Crippen molar-refractivity contribution in [3.63, 3.8) is 0 Å². The van der Waals surface area contributed by atoms with Crippen molar-refractivity contribution in [3.05, 3.63) is 11.8 Å². The number of hydrogen-bond acceptors (Lipinski definition) is 2. The van der Waals surface area contributed by atoms with Gasteiger partial charge in [0.15, 0.2) is 0 Å². The van der Waals surface area contributed by atoms with Crippen molar-refractivity contribution in [1.29, 1.82) is 0 Å². The van der Waals surface area contributed by atoms with Crippen LogP contribution in [0.15, 0.2) is 11.8 Å². The SMILES string of the molecule is C/C=C1\OCCSC1(CC)CCC. The zero-order valence-electron chi connectivity index (χ0n) is 8.93. The summed E-state index contributed by atoms with van der Waals surface area (Å²) in [6.45, 7) is 7.48. The first kappa shape index (κ1) is 11.0. The average Bonchev–Trinajstić information content (AvgIpc) is 2.19. The minimum atomic E-state index is 0.293. The molecular weight excluding hydrogens is 180 g/mol. The third kappa shape index (κ3) is 2.22. The molecule has 13 heavy (non-hydrogen) atoms. The molecule has 1 nitrogen and oxygen atoms in total. The summed E-state index contributed by atoms with van der Waals surface area (Å²) >= 11 is 2.07. The molecular formula is C11H20OS. The third-order valence-electron chi connectivity index (χ3n) is 2.66. The molecule has 1 atom stereocenters. The van der Waals surface area contributed by atoms with Crippen LogP contribution in [0.2, 0.25) is 0 Å². The van der Waals surface area contributed by atoms with E-state index in [9.17, 15) is 0 Å². The molecule has 2 heteroatoms. The first-order valence-corrected chi connectivity index (χ1v) is 6.21. The van der Waals surface area contributed by atoms with Gasteiger partial charge in [0.2, 0.25) is 0 Å². The van der Waals surface area contributed by atoms with E-state index in [-0.39, 0.29) is 0 Å². The summed E-state index contributed by atoms with van der Waals surface area (Å²) in [5.74, 6) is 2.36. The topological polar surface area (TPSA) is 9.23 Å². The van der Waals surface area contributed by atoms with Crippen LogP contribution in [0.5, 0.6) is 0 Å². The van der Waals surface area contributed by atoms with E-state index in [1.807, 2.05) is 0 Å². The van der Waals surface area contributed by atoms with E-state index >= 15 is 0 Å². The number of thioether (sulfide) groups is 1. The van der Waals surface area contributed by atoms with Gasteiger partial charge in [0, 0.05) is 5.75 Å². The summed E-state index contributed by atoms with van der Waals surface area (Å²) in [5, 5.41) is 0. The standard InChI is InChI=1S/C11H20OS/c1-4-7-11(6-3)10(5-2)12-8-9-13-11/h5H,4,6-9H2,1-3H3/b10-5-. The quantitative estimate of drug-likeness (QED) is 0.688. The van der Waals surface area contributed by atoms with Gasteiger partial charge in [-0.2, -0.15) is 0 Å². The molecule has 1 heterocycles. The van der Waals surface area contributed by atoms with Crippen molar-refractivity contribution in [2.24, 2.45) is 0 Å². The molecule has 0 amide bonds. The zero-order chi connectivity index (χ0) is 9.73. The highest BCUT2D eigenvalue weighted by molar-refractivity contribution is 8.00. The summed E-state index contributed by atoms with van der Waals surface area (Å²) in [6, 6.07) is 0. The monoisotopic (exact) mass is 200 g/mol. The largest absolute Gasteiger partial charge is 0.496 e. The molecule has 0 aromatic heterocycles. The van der Waals surface area contributed by atoms with Crippen LogP contribution in [0.25, 0.3) is 0 Å². The van der Waals surface area contributed by atoms with Gasteiger partial charge in [-0.05, 0) is 25.8 Å². The van der Waals surface area contributed by atoms with Gasteiger partial charge in [0.05, 0.1) is 11.4 Å². The first-order chi connectivity index (χ1) is 6.29. The number of hydrogen-bond donors (Lipinski definition) is 0. The molecule has 1 aliphatic rings. The molecule has 0 aromatic carbocycles. The molecule has 1 unspecified atom stereocenters. The van der Waals surface area contributed by atoms with Crippen LogP contribution in [-0.4, -0.2) is 17.1 Å². The van der Waals surface area contributed by atoms with Gasteiger partial charge in [-0.1, -0.05) is 20.3 Å².